The first-order chi connectivity index (χ1) is 16.2. The number of amides is 2. The number of carbonyl (C=O) groups excluding carboxylic acids is 2. The molecule has 1 saturated heterocycles. The summed E-state index contributed by atoms with van der Waals surface area (Å²) in [5.74, 6) is -0.566. The van der Waals surface area contributed by atoms with Crippen LogP contribution in [0.25, 0.3) is 10.1 Å². The van der Waals surface area contributed by atoms with Gasteiger partial charge in [-0.25, -0.2) is 0 Å². The Morgan fingerprint density at radius 1 is 1.00 bits per heavy atom. The van der Waals surface area contributed by atoms with E-state index in [2.05, 4.69) is 5.32 Å². The van der Waals surface area contributed by atoms with Crippen molar-refractivity contribution in [1.82, 2.24) is 9.80 Å². The monoisotopic (exact) mass is 503 g/mol. The molecule has 2 amide bonds. The maximum atomic E-state index is 13.0. The van der Waals surface area contributed by atoms with Crippen molar-refractivity contribution in [3.63, 3.8) is 0 Å². The molecule has 176 valence electrons. The molecular weight excluding hydrogens is 486 g/mol. The van der Waals surface area contributed by atoms with E-state index in [1.165, 1.54) is 30.3 Å². The number of hydrogen-bond donors (Lipinski definition) is 1. The number of nitrogens with one attached hydrogen (secondary N) is 1. The first-order valence-corrected chi connectivity index (χ1v) is 11.3. The molecule has 11 nitrogen and oxygen atoms in total. The second-order valence-electron chi connectivity index (χ2n) is 7.61. The van der Waals surface area contributed by atoms with Crippen molar-refractivity contribution in [2.45, 2.75) is 0 Å². The molecule has 0 radical (unpaired) electrons. The standard InChI is InChI=1S/C21H18ClN5O6S/c22-19-16-5-4-15(27(32)33)11-17(16)34-20(19)21(29)25-8-6-24(7-9-25)12-18(28)23-13-2-1-3-14(10-13)26(30)31/h1-5,10-11H,6-9,12H2,(H,23,28). The van der Waals surface area contributed by atoms with Gasteiger partial charge in [0, 0.05) is 66.2 Å². The van der Waals surface area contributed by atoms with Crippen molar-refractivity contribution in [2.24, 2.45) is 0 Å². The first kappa shape index (κ1) is 23.5. The van der Waals surface area contributed by atoms with E-state index < -0.39 is 9.85 Å². The second kappa shape index (κ2) is 9.71. The van der Waals surface area contributed by atoms with Crippen LogP contribution in [0.4, 0.5) is 17.1 Å². The van der Waals surface area contributed by atoms with Crippen molar-refractivity contribution in [3.8, 4) is 0 Å². The van der Waals surface area contributed by atoms with Gasteiger partial charge in [-0.1, -0.05) is 17.7 Å². The lowest BCUT2D eigenvalue weighted by molar-refractivity contribution is -0.384. The predicted octanol–water partition coefficient (Wildman–Crippen LogP) is 3.77. The molecule has 2 heterocycles. The Kier molecular flexibility index (Phi) is 6.72. The zero-order chi connectivity index (χ0) is 24.4. The van der Waals surface area contributed by atoms with E-state index in [1.54, 1.807) is 17.0 Å². The van der Waals surface area contributed by atoms with Gasteiger partial charge in [-0.2, -0.15) is 0 Å². The van der Waals surface area contributed by atoms with E-state index in [4.69, 9.17) is 11.6 Å². The maximum Gasteiger partial charge on any atom is 0.271 e. The van der Waals surface area contributed by atoms with Gasteiger partial charge < -0.3 is 10.2 Å². The average Bonchev–Trinajstić information content (AvgIpc) is 3.15. The zero-order valence-electron chi connectivity index (χ0n) is 17.6. The minimum atomic E-state index is -0.532. The average molecular weight is 504 g/mol. The number of anilines is 1. The molecule has 0 saturated carbocycles. The van der Waals surface area contributed by atoms with Gasteiger partial charge in [0.25, 0.3) is 17.3 Å². The number of thiophene rings is 1. The van der Waals surface area contributed by atoms with Gasteiger partial charge in [0.1, 0.15) is 4.88 Å². The Morgan fingerprint density at radius 2 is 1.68 bits per heavy atom. The molecule has 1 aromatic heterocycles. The summed E-state index contributed by atoms with van der Waals surface area (Å²) in [7, 11) is 0. The summed E-state index contributed by atoms with van der Waals surface area (Å²) in [5.41, 5.74) is 0.161. The van der Waals surface area contributed by atoms with E-state index in [9.17, 15) is 29.8 Å². The van der Waals surface area contributed by atoms with E-state index in [0.29, 0.717) is 46.8 Å². The highest BCUT2D eigenvalue weighted by Gasteiger charge is 2.27. The van der Waals surface area contributed by atoms with E-state index in [-0.39, 0.29) is 34.8 Å². The van der Waals surface area contributed by atoms with Crippen LogP contribution in [-0.2, 0) is 4.79 Å². The molecule has 0 aliphatic carbocycles. The van der Waals surface area contributed by atoms with E-state index in [0.717, 1.165) is 11.3 Å². The summed E-state index contributed by atoms with van der Waals surface area (Å²) in [6, 6.07) is 10.0. The fourth-order valence-corrected chi connectivity index (χ4v) is 5.17. The zero-order valence-corrected chi connectivity index (χ0v) is 19.2. The molecule has 0 unspecified atom stereocenters. The fourth-order valence-electron chi connectivity index (χ4n) is 3.66. The topological polar surface area (TPSA) is 139 Å². The van der Waals surface area contributed by atoms with Crippen LogP contribution in [0, 0.1) is 20.2 Å². The van der Waals surface area contributed by atoms with Gasteiger partial charge in [-0.05, 0) is 12.1 Å². The molecule has 4 rings (SSSR count). The highest BCUT2D eigenvalue weighted by atomic mass is 35.5. The largest absolute Gasteiger partial charge is 0.335 e. The molecule has 1 N–H and O–H groups in total. The van der Waals surface area contributed by atoms with Crippen molar-refractivity contribution in [3.05, 3.63) is 72.6 Å². The molecule has 2 aromatic carbocycles. The molecule has 1 aliphatic heterocycles. The number of halogens is 1. The third-order valence-corrected chi connectivity index (χ3v) is 7.03. The molecule has 0 bridgehead atoms. The number of hydrogen-bond acceptors (Lipinski definition) is 8. The summed E-state index contributed by atoms with van der Waals surface area (Å²) in [6.45, 7) is 1.77. The van der Waals surface area contributed by atoms with Gasteiger partial charge >= 0.3 is 0 Å². The molecule has 1 fully saturated rings. The Morgan fingerprint density at radius 3 is 2.35 bits per heavy atom. The van der Waals surface area contributed by atoms with Crippen LogP contribution in [0.15, 0.2) is 42.5 Å². The second-order valence-corrected chi connectivity index (χ2v) is 9.04. The Labute approximate surface area is 201 Å². The number of nitro benzene ring substituents is 2. The van der Waals surface area contributed by atoms with Gasteiger partial charge in [0.05, 0.1) is 21.4 Å². The van der Waals surface area contributed by atoms with Crippen LogP contribution in [0.5, 0.6) is 0 Å². The first-order valence-electron chi connectivity index (χ1n) is 10.2. The minimum absolute atomic E-state index is 0.0681. The minimum Gasteiger partial charge on any atom is -0.335 e. The fraction of sp³-hybridized carbons (Fsp3) is 0.238. The lowest BCUT2D eigenvalue weighted by atomic mass is 10.2. The third-order valence-electron chi connectivity index (χ3n) is 5.39. The lowest BCUT2D eigenvalue weighted by Crippen LogP contribution is -2.50. The highest BCUT2D eigenvalue weighted by molar-refractivity contribution is 7.21. The highest BCUT2D eigenvalue weighted by Crippen LogP contribution is 2.38. The molecule has 3 aromatic rings. The molecule has 1 aliphatic rings. The van der Waals surface area contributed by atoms with E-state index in [1.807, 2.05) is 4.90 Å². The number of nitro groups is 2. The van der Waals surface area contributed by atoms with Crippen molar-refractivity contribution in [2.75, 3.05) is 38.0 Å². The number of non-ortho nitro benzene ring substituents is 2. The number of nitrogens with zero attached hydrogens (tertiary/aromatic N) is 4. The van der Waals surface area contributed by atoms with Crippen LogP contribution >= 0.6 is 22.9 Å². The number of rotatable bonds is 6. The summed E-state index contributed by atoms with van der Waals surface area (Å²) < 4.78 is 0.569. The van der Waals surface area contributed by atoms with Crippen molar-refractivity contribution < 1.29 is 19.4 Å². The van der Waals surface area contributed by atoms with Gasteiger partial charge in [-0.3, -0.25) is 34.7 Å². The molecule has 34 heavy (non-hydrogen) atoms. The molecule has 13 heteroatoms. The summed E-state index contributed by atoms with van der Waals surface area (Å²) in [6.07, 6.45) is 0. The van der Waals surface area contributed by atoms with Gasteiger partial charge in [0.15, 0.2) is 0 Å². The van der Waals surface area contributed by atoms with Crippen LogP contribution in [0.1, 0.15) is 9.67 Å². The third kappa shape index (κ3) is 4.98. The normalized spacial score (nSPS) is 14.2. The number of piperazine rings is 1. The summed E-state index contributed by atoms with van der Waals surface area (Å²) >= 11 is 7.52. The maximum absolute atomic E-state index is 13.0. The molecule has 0 atom stereocenters. The molecule has 0 spiro atoms. The SMILES string of the molecule is O=C(CN1CCN(C(=O)c2sc3cc([N+](=O)[O-])ccc3c2Cl)CC1)Nc1cccc([N+](=O)[O-])c1. The molecular formula is C21H18ClN5O6S. The van der Waals surface area contributed by atoms with Crippen LogP contribution in [-0.4, -0.2) is 64.2 Å². The van der Waals surface area contributed by atoms with Crippen molar-refractivity contribution >= 4 is 61.9 Å². The summed E-state index contributed by atoms with van der Waals surface area (Å²) in [5, 5.41) is 25.4. The van der Waals surface area contributed by atoms with Crippen LogP contribution in [0.2, 0.25) is 5.02 Å². The Hall–Kier alpha value is -3.61. The van der Waals surface area contributed by atoms with Crippen LogP contribution < -0.4 is 5.32 Å². The van der Waals surface area contributed by atoms with Crippen molar-refractivity contribution in [1.29, 1.82) is 0 Å². The quantitative estimate of drug-likeness (QED) is 0.399. The van der Waals surface area contributed by atoms with Gasteiger partial charge in [0.2, 0.25) is 5.91 Å². The number of benzene rings is 2. The summed E-state index contributed by atoms with van der Waals surface area (Å²) in [4.78, 5) is 50.1. The lowest BCUT2D eigenvalue weighted by Gasteiger charge is -2.34. The number of fused-ring (bicyclic) bond motifs is 1. The smallest absolute Gasteiger partial charge is 0.271 e. The number of carbonyl (C=O) groups is 2. The van der Waals surface area contributed by atoms with Gasteiger partial charge in [-0.15, -0.1) is 11.3 Å². The van der Waals surface area contributed by atoms with E-state index >= 15 is 0 Å². The Bertz CT molecular complexity index is 1300. The Balaban J connectivity index is 1.35. The van der Waals surface area contributed by atoms with Crippen LogP contribution in [0.3, 0.4) is 0 Å². The predicted molar refractivity (Wildman–Crippen MR) is 128 cm³/mol.